The highest BCUT2D eigenvalue weighted by atomic mass is 19.1. The molecule has 0 radical (unpaired) electrons. The summed E-state index contributed by atoms with van der Waals surface area (Å²) in [6, 6.07) is 20.5. The Labute approximate surface area is 154 Å². The third-order valence-electron chi connectivity index (χ3n) is 4.41. The third-order valence-corrected chi connectivity index (χ3v) is 4.41. The van der Waals surface area contributed by atoms with Crippen molar-refractivity contribution in [2.24, 2.45) is 0 Å². The van der Waals surface area contributed by atoms with Crippen molar-refractivity contribution in [3.8, 4) is 0 Å². The summed E-state index contributed by atoms with van der Waals surface area (Å²) in [5, 5.41) is 3.30. The molecule has 0 bridgehead atoms. The van der Waals surface area contributed by atoms with E-state index in [2.05, 4.69) is 5.32 Å². The first-order chi connectivity index (χ1) is 13.1. The van der Waals surface area contributed by atoms with Crippen LogP contribution in [-0.4, -0.2) is 10.5 Å². The molecule has 0 spiro atoms. The number of carbonyl (C=O) groups excluding carboxylic acids is 1. The topological polar surface area (TPSA) is 34.0 Å². The lowest BCUT2D eigenvalue weighted by Gasteiger charge is -2.06. The lowest BCUT2D eigenvalue weighted by molar-refractivity contribution is 0.102. The second-order valence-corrected chi connectivity index (χ2v) is 6.25. The summed E-state index contributed by atoms with van der Waals surface area (Å²) in [5.74, 6) is -1.94. The van der Waals surface area contributed by atoms with Gasteiger partial charge in [-0.3, -0.25) is 4.79 Å². The predicted molar refractivity (Wildman–Crippen MR) is 102 cm³/mol. The number of nitrogens with one attached hydrogen (secondary N) is 1. The van der Waals surface area contributed by atoms with E-state index in [9.17, 15) is 13.6 Å². The fourth-order valence-corrected chi connectivity index (χ4v) is 3.12. The Morgan fingerprint density at radius 3 is 2.44 bits per heavy atom. The van der Waals surface area contributed by atoms with Crippen LogP contribution in [0, 0.1) is 11.6 Å². The zero-order chi connectivity index (χ0) is 18.8. The van der Waals surface area contributed by atoms with E-state index < -0.39 is 17.5 Å². The highest BCUT2D eigenvalue weighted by molar-refractivity contribution is 6.13. The van der Waals surface area contributed by atoms with Crippen LogP contribution in [0.2, 0.25) is 0 Å². The molecule has 3 aromatic carbocycles. The molecular formula is C22H16F2N2O. The number of rotatable bonds is 4. The molecule has 134 valence electrons. The summed E-state index contributed by atoms with van der Waals surface area (Å²) in [4.78, 5) is 12.7. The number of nitrogens with zero attached hydrogens (tertiary/aromatic N) is 1. The maximum atomic E-state index is 13.9. The van der Waals surface area contributed by atoms with Crippen molar-refractivity contribution in [2.75, 3.05) is 5.32 Å². The highest BCUT2D eigenvalue weighted by Gasteiger charge is 2.16. The number of carbonyl (C=O) groups is 1. The van der Waals surface area contributed by atoms with Crippen LogP contribution in [0.25, 0.3) is 10.9 Å². The van der Waals surface area contributed by atoms with Crippen molar-refractivity contribution >= 4 is 22.5 Å². The van der Waals surface area contributed by atoms with Gasteiger partial charge in [0.15, 0.2) is 0 Å². The van der Waals surface area contributed by atoms with Gasteiger partial charge in [-0.2, -0.15) is 0 Å². The molecule has 27 heavy (non-hydrogen) atoms. The van der Waals surface area contributed by atoms with Crippen LogP contribution in [-0.2, 0) is 6.54 Å². The van der Waals surface area contributed by atoms with Crippen molar-refractivity contribution in [1.29, 1.82) is 0 Å². The fourth-order valence-electron chi connectivity index (χ4n) is 3.12. The Bertz CT molecular complexity index is 1120. The minimum Gasteiger partial charge on any atom is -0.342 e. The summed E-state index contributed by atoms with van der Waals surface area (Å²) in [6.45, 7) is 0.611. The van der Waals surface area contributed by atoms with E-state index in [1.807, 2.05) is 59.2 Å². The summed E-state index contributed by atoms with van der Waals surface area (Å²) in [7, 11) is 0. The number of anilines is 1. The Hall–Kier alpha value is -3.47. The average Bonchev–Trinajstić information content (AvgIpc) is 3.04. The van der Waals surface area contributed by atoms with Crippen molar-refractivity contribution in [2.45, 2.75) is 6.54 Å². The van der Waals surface area contributed by atoms with E-state index in [1.165, 1.54) is 6.07 Å². The van der Waals surface area contributed by atoms with E-state index in [-0.39, 0.29) is 5.69 Å². The molecule has 1 N–H and O–H groups in total. The van der Waals surface area contributed by atoms with Crippen LogP contribution < -0.4 is 5.32 Å². The van der Waals surface area contributed by atoms with Gasteiger partial charge in [-0.25, -0.2) is 8.78 Å². The Morgan fingerprint density at radius 2 is 1.67 bits per heavy atom. The third kappa shape index (κ3) is 3.44. The Kier molecular flexibility index (Phi) is 4.42. The molecule has 0 fully saturated rings. The van der Waals surface area contributed by atoms with Crippen molar-refractivity contribution in [1.82, 2.24) is 4.57 Å². The fraction of sp³-hybridized carbons (Fsp3) is 0.0455. The van der Waals surface area contributed by atoms with E-state index in [0.29, 0.717) is 12.1 Å². The summed E-state index contributed by atoms with van der Waals surface area (Å²) < 4.78 is 28.9. The summed E-state index contributed by atoms with van der Waals surface area (Å²) >= 11 is 0. The molecule has 0 aliphatic rings. The monoisotopic (exact) mass is 362 g/mol. The second kappa shape index (κ2) is 7.03. The number of aromatic nitrogens is 1. The normalized spacial score (nSPS) is 10.9. The van der Waals surface area contributed by atoms with Crippen molar-refractivity contribution in [3.05, 3.63) is 102 Å². The standard InChI is InChI=1S/C22H16F2N2O/c23-16-10-11-20(19(24)12-16)25-22(27)18-14-26(13-15-6-2-1-3-7-15)21-9-5-4-8-17(18)21/h1-12,14H,13H2,(H,25,27). The van der Waals surface area contributed by atoms with Gasteiger partial charge in [0.25, 0.3) is 5.91 Å². The second-order valence-electron chi connectivity index (χ2n) is 6.25. The Balaban J connectivity index is 1.70. The van der Waals surface area contributed by atoms with Gasteiger partial charge in [0, 0.05) is 29.7 Å². The number of halogens is 2. The molecule has 0 atom stereocenters. The zero-order valence-electron chi connectivity index (χ0n) is 14.3. The highest BCUT2D eigenvalue weighted by Crippen LogP contribution is 2.24. The van der Waals surface area contributed by atoms with Gasteiger partial charge in [0.2, 0.25) is 0 Å². The van der Waals surface area contributed by atoms with Crippen LogP contribution >= 0.6 is 0 Å². The van der Waals surface area contributed by atoms with Crippen LogP contribution in [0.1, 0.15) is 15.9 Å². The molecule has 0 saturated carbocycles. The molecule has 0 unspecified atom stereocenters. The van der Waals surface area contributed by atoms with Crippen LogP contribution in [0.5, 0.6) is 0 Å². The maximum Gasteiger partial charge on any atom is 0.257 e. The van der Waals surface area contributed by atoms with Gasteiger partial charge in [-0.1, -0.05) is 48.5 Å². The largest absolute Gasteiger partial charge is 0.342 e. The molecule has 1 heterocycles. The van der Waals surface area contributed by atoms with Crippen LogP contribution in [0.3, 0.4) is 0 Å². The van der Waals surface area contributed by atoms with Gasteiger partial charge in [0.05, 0.1) is 11.3 Å². The van der Waals surface area contributed by atoms with Gasteiger partial charge in [0.1, 0.15) is 11.6 Å². The lowest BCUT2D eigenvalue weighted by atomic mass is 10.1. The maximum absolute atomic E-state index is 13.9. The molecule has 0 aliphatic heterocycles. The summed E-state index contributed by atoms with van der Waals surface area (Å²) in [6.07, 6.45) is 1.76. The smallest absolute Gasteiger partial charge is 0.257 e. The molecule has 3 nitrogen and oxygen atoms in total. The minimum atomic E-state index is -0.809. The summed E-state index contributed by atoms with van der Waals surface area (Å²) in [5.41, 5.74) is 2.40. The molecule has 0 aliphatic carbocycles. The number of hydrogen-bond donors (Lipinski definition) is 1. The lowest BCUT2D eigenvalue weighted by Crippen LogP contribution is -2.13. The van der Waals surface area contributed by atoms with E-state index in [0.717, 1.165) is 28.6 Å². The molecule has 4 rings (SSSR count). The Morgan fingerprint density at radius 1 is 0.926 bits per heavy atom. The molecule has 4 aromatic rings. The number of benzene rings is 3. The van der Waals surface area contributed by atoms with Gasteiger partial charge in [-0.15, -0.1) is 0 Å². The van der Waals surface area contributed by atoms with E-state index >= 15 is 0 Å². The van der Waals surface area contributed by atoms with Crippen LogP contribution in [0.15, 0.2) is 79.0 Å². The number of hydrogen-bond acceptors (Lipinski definition) is 1. The SMILES string of the molecule is O=C(Nc1ccc(F)cc1F)c1cn(Cc2ccccc2)c2ccccc12. The number of fused-ring (bicyclic) bond motifs is 1. The minimum absolute atomic E-state index is 0.0544. The molecule has 1 amide bonds. The first-order valence-corrected chi connectivity index (χ1v) is 8.50. The molecule has 5 heteroatoms. The van der Waals surface area contributed by atoms with Crippen molar-refractivity contribution in [3.63, 3.8) is 0 Å². The number of para-hydroxylation sites is 1. The average molecular weight is 362 g/mol. The molecule has 0 saturated heterocycles. The first kappa shape index (κ1) is 17.0. The van der Waals surface area contributed by atoms with Gasteiger partial charge in [-0.05, 0) is 23.8 Å². The van der Waals surface area contributed by atoms with Crippen LogP contribution in [0.4, 0.5) is 14.5 Å². The zero-order valence-corrected chi connectivity index (χ0v) is 14.3. The van der Waals surface area contributed by atoms with E-state index in [1.54, 1.807) is 6.20 Å². The van der Waals surface area contributed by atoms with E-state index in [4.69, 9.17) is 0 Å². The first-order valence-electron chi connectivity index (χ1n) is 8.50. The predicted octanol–water partition coefficient (Wildman–Crippen LogP) is 5.22. The van der Waals surface area contributed by atoms with Crippen molar-refractivity contribution < 1.29 is 13.6 Å². The van der Waals surface area contributed by atoms with Gasteiger partial charge < -0.3 is 9.88 Å². The quantitative estimate of drug-likeness (QED) is 0.531. The molecular weight excluding hydrogens is 346 g/mol. The molecule has 1 aromatic heterocycles. The number of amides is 1. The van der Waals surface area contributed by atoms with Gasteiger partial charge >= 0.3 is 0 Å².